The summed E-state index contributed by atoms with van der Waals surface area (Å²) in [6.07, 6.45) is 1.11. The second-order valence-corrected chi connectivity index (χ2v) is 5.64. The van der Waals surface area contributed by atoms with Crippen molar-refractivity contribution in [1.82, 2.24) is 5.32 Å². The van der Waals surface area contributed by atoms with Crippen molar-refractivity contribution in [2.24, 2.45) is 5.41 Å². The topological polar surface area (TPSA) is 12.0 Å². The first kappa shape index (κ1) is 13.2. The molecule has 1 atom stereocenters. The smallest absolute Gasteiger partial charge is 0.0208 e. The Bertz CT molecular complexity index is 322. The molecule has 0 bridgehead atoms. The third kappa shape index (κ3) is 3.97. The van der Waals surface area contributed by atoms with Crippen LogP contribution >= 0.6 is 0 Å². The molecule has 0 spiro atoms. The first-order chi connectivity index (χ1) is 7.43. The number of hydrogen-bond donors (Lipinski definition) is 1. The molecule has 0 saturated carbocycles. The van der Waals surface area contributed by atoms with E-state index in [1.165, 1.54) is 11.1 Å². The minimum absolute atomic E-state index is 0.322. The van der Waals surface area contributed by atoms with Gasteiger partial charge in [0.25, 0.3) is 0 Å². The Morgan fingerprint density at radius 2 is 1.81 bits per heavy atom. The van der Waals surface area contributed by atoms with Crippen molar-refractivity contribution >= 4 is 0 Å². The van der Waals surface area contributed by atoms with E-state index in [1.54, 1.807) is 0 Å². The number of rotatable bonds is 4. The molecule has 1 heteroatoms. The predicted molar refractivity (Wildman–Crippen MR) is 71.6 cm³/mol. The van der Waals surface area contributed by atoms with Crippen LogP contribution in [0.2, 0.25) is 0 Å². The van der Waals surface area contributed by atoms with Crippen LogP contribution in [0.5, 0.6) is 0 Å². The minimum atomic E-state index is 0.322. The fourth-order valence-electron chi connectivity index (χ4n) is 1.54. The maximum absolute atomic E-state index is 3.59. The van der Waals surface area contributed by atoms with Gasteiger partial charge < -0.3 is 5.32 Å². The van der Waals surface area contributed by atoms with Crippen LogP contribution in [0, 0.1) is 5.41 Å². The standard InChI is InChI=1S/C15H25N/c1-6-13-8-7-9-14(10-13)11-16-12(2)15(3,4)5/h7-10,12,16H,6,11H2,1-5H3/t12-/m1/s1. The molecule has 90 valence electrons. The molecule has 0 unspecified atom stereocenters. The number of benzene rings is 1. The SMILES string of the molecule is CCc1cccc(CN[C@H](C)C(C)(C)C)c1. The zero-order valence-corrected chi connectivity index (χ0v) is 11.3. The van der Waals surface area contributed by atoms with Gasteiger partial charge in [-0.05, 0) is 29.9 Å². The molecule has 0 aliphatic rings. The van der Waals surface area contributed by atoms with E-state index in [2.05, 4.69) is 64.2 Å². The van der Waals surface area contributed by atoms with Crippen LogP contribution < -0.4 is 5.32 Å². The van der Waals surface area contributed by atoms with Gasteiger partial charge in [-0.25, -0.2) is 0 Å². The molecule has 1 N–H and O–H groups in total. The number of hydrogen-bond acceptors (Lipinski definition) is 1. The summed E-state index contributed by atoms with van der Waals surface area (Å²) in [6, 6.07) is 9.36. The molecule has 1 aromatic rings. The number of aryl methyl sites for hydroxylation is 1. The van der Waals surface area contributed by atoms with Crippen LogP contribution in [0.15, 0.2) is 24.3 Å². The molecule has 0 aliphatic heterocycles. The summed E-state index contributed by atoms with van der Waals surface area (Å²) in [7, 11) is 0. The van der Waals surface area contributed by atoms with Gasteiger partial charge in [-0.2, -0.15) is 0 Å². The van der Waals surface area contributed by atoms with Gasteiger partial charge in [-0.1, -0.05) is 52.0 Å². The van der Waals surface area contributed by atoms with Gasteiger partial charge in [0.2, 0.25) is 0 Å². The predicted octanol–water partition coefficient (Wildman–Crippen LogP) is 3.77. The monoisotopic (exact) mass is 219 g/mol. The summed E-state index contributed by atoms with van der Waals surface area (Å²) in [4.78, 5) is 0. The highest BCUT2D eigenvalue weighted by atomic mass is 14.9. The average Bonchev–Trinajstić information content (AvgIpc) is 2.25. The summed E-state index contributed by atoms with van der Waals surface area (Å²) in [5, 5.41) is 3.59. The van der Waals surface area contributed by atoms with Gasteiger partial charge in [-0.15, -0.1) is 0 Å². The molecule has 0 heterocycles. The van der Waals surface area contributed by atoms with Crippen LogP contribution in [-0.4, -0.2) is 6.04 Å². The van der Waals surface area contributed by atoms with Gasteiger partial charge >= 0.3 is 0 Å². The molecule has 1 aromatic carbocycles. The first-order valence-electron chi connectivity index (χ1n) is 6.24. The summed E-state index contributed by atoms with van der Waals surface area (Å²) in [5.74, 6) is 0. The van der Waals surface area contributed by atoms with E-state index in [4.69, 9.17) is 0 Å². The highest BCUT2D eigenvalue weighted by Crippen LogP contribution is 2.19. The van der Waals surface area contributed by atoms with E-state index < -0.39 is 0 Å². The lowest BCUT2D eigenvalue weighted by molar-refractivity contribution is 0.285. The summed E-state index contributed by atoms with van der Waals surface area (Å²) in [5.41, 5.74) is 3.13. The van der Waals surface area contributed by atoms with Gasteiger partial charge in [0.05, 0.1) is 0 Å². The van der Waals surface area contributed by atoms with Crippen molar-refractivity contribution in [1.29, 1.82) is 0 Å². The third-order valence-corrected chi connectivity index (χ3v) is 3.31. The van der Waals surface area contributed by atoms with Crippen molar-refractivity contribution in [3.63, 3.8) is 0 Å². The van der Waals surface area contributed by atoms with E-state index in [0.29, 0.717) is 11.5 Å². The minimum Gasteiger partial charge on any atom is -0.310 e. The van der Waals surface area contributed by atoms with Crippen molar-refractivity contribution in [3.05, 3.63) is 35.4 Å². The maximum atomic E-state index is 3.59. The molecule has 16 heavy (non-hydrogen) atoms. The molecule has 1 nitrogen and oxygen atoms in total. The first-order valence-corrected chi connectivity index (χ1v) is 6.24. The van der Waals surface area contributed by atoms with E-state index in [9.17, 15) is 0 Å². The molecular weight excluding hydrogens is 194 g/mol. The van der Waals surface area contributed by atoms with Crippen LogP contribution in [0.4, 0.5) is 0 Å². The van der Waals surface area contributed by atoms with Crippen molar-refractivity contribution in [2.45, 2.75) is 53.6 Å². The Hall–Kier alpha value is -0.820. The Morgan fingerprint density at radius 3 is 2.38 bits per heavy atom. The largest absolute Gasteiger partial charge is 0.310 e. The molecule has 0 fully saturated rings. The van der Waals surface area contributed by atoms with Crippen LogP contribution in [0.25, 0.3) is 0 Å². The van der Waals surface area contributed by atoms with Crippen molar-refractivity contribution in [3.8, 4) is 0 Å². The lowest BCUT2D eigenvalue weighted by Crippen LogP contribution is -2.37. The van der Waals surface area contributed by atoms with Crippen molar-refractivity contribution < 1.29 is 0 Å². The molecule has 0 amide bonds. The lowest BCUT2D eigenvalue weighted by Gasteiger charge is -2.28. The molecular formula is C15H25N. The second kappa shape index (κ2) is 5.49. The zero-order chi connectivity index (χ0) is 12.2. The molecule has 0 saturated heterocycles. The fraction of sp³-hybridized carbons (Fsp3) is 0.600. The fourth-order valence-corrected chi connectivity index (χ4v) is 1.54. The van der Waals surface area contributed by atoms with E-state index in [1.807, 2.05) is 0 Å². The van der Waals surface area contributed by atoms with E-state index in [-0.39, 0.29) is 0 Å². The Labute approximate surface area is 100 Å². The lowest BCUT2D eigenvalue weighted by atomic mass is 9.88. The van der Waals surface area contributed by atoms with Crippen LogP contribution in [-0.2, 0) is 13.0 Å². The number of nitrogens with one attached hydrogen (secondary N) is 1. The highest BCUT2D eigenvalue weighted by molar-refractivity contribution is 5.23. The highest BCUT2D eigenvalue weighted by Gasteiger charge is 2.18. The van der Waals surface area contributed by atoms with Crippen LogP contribution in [0.1, 0.15) is 45.7 Å². The van der Waals surface area contributed by atoms with Gasteiger partial charge in [0.1, 0.15) is 0 Å². The molecule has 0 aromatic heterocycles. The summed E-state index contributed by atoms with van der Waals surface area (Å²) < 4.78 is 0. The average molecular weight is 219 g/mol. The maximum Gasteiger partial charge on any atom is 0.0208 e. The van der Waals surface area contributed by atoms with E-state index in [0.717, 1.165) is 13.0 Å². The van der Waals surface area contributed by atoms with Gasteiger partial charge in [-0.3, -0.25) is 0 Å². The zero-order valence-electron chi connectivity index (χ0n) is 11.3. The summed E-state index contributed by atoms with van der Waals surface area (Å²) >= 11 is 0. The van der Waals surface area contributed by atoms with Gasteiger partial charge in [0, 0.05) is 12.6 Å². The molecule has 1 rings (SSSR count). The third-order valence-electron chi connectivity index (χ3n) is 3.31. The Balaban J connectivity index is 2.54. The normalized spacial score (nSPS) is 13.8. The molecule has 0 radical (unpaired) electrons. The quantitative estimate of drug-likeness (QED) is 0.812. The Kier molecular flexibility index (Phi) is 4.55. The summed E-state index contributed by atoms with van der Waals surface area (Å²) in [6.45, 7) is 12.2. The Morgan fingerprint density at radius 1 is 1.19 bits per heavy atom. The second-order valence-electron chi connectivity index (χ2n) is 5.64. The van der Waals surface area contributed by atoms with Crippen molar-refractivity contribution in [2.75, 3.05) is 0 Å². The van der Waals surface area contributed by atoms with Gasteiger partial charge in [0.15, 0.2) is 0 Å². The van der Waals surface area contributed by atoms with E-state index >= 15 is 0 Å². The molecule has 0 aliphatic carbocycles. The van der Waals surface area contributed by atoms with Crippen LogP contribution in [0.3, 0.4) is 0 Å².